The number of rotatable bonds is 5. The van der Waals surface area contributed by atoms with Crippen LogP contribution in [0.15, 0.2) is 119 Å². The minimum absolute atomic E-state index is 0.181. The molecule has 158 valence electrons. The SMILES string of the molecule is O=C1CCN(C(c2ccccc2)(c2ccccc2)c2ccccc2)CC1=Cc1ccco1. The number of likely N-dealkylation sites (tertiary alicyclic amines) is 1. The summed E-state index contributed by atoms with van der Waals surface area (Å²) >= 11 is 0. The van der Waals surface area contributed by atoms with Gasteiger partial charge in [-0.2, -0.15) is 0 Å². The van der Waals surface area contributed by atoms with Gasteiger partial charge in [0, 0.05) is 25.1 Å². The first-order chi connectivity index (χ1) is 15.8. The van der Waals surface area contributed by atoms with E-state index in [1.54, 1.807) is 6.26 Å². The molecule has 2 heterocycles. The highest BCUT2D eigenvalue weighted by Gasteiger charge is 2.44. The van der Waals surface area contributed by atoms with E-state index in [2.05, 4.69) is 77.7 Å². The van der Waals surface area contributed by atoms with Crippen LogP contribution < -0.4 is 0 Å². The minimum Gasteiger partial charge on any atom is -0.465 e. The molecule has 32 heavy (non-hydrogen) atoms. The molecule has 0 radical (unpaired) electrons. The van der Waals surface area contributed by atoms with Crippen molar-refractivity contribution in [1.82, 2.24) is 4.90 Å². The molecule has 3 heteroatoms. The molecule has 1 aliphatic rings. The van der Waals surface area contributed by atoms with Crippen LogP contribution in [0.4, 0.5) is 0 Å². The summed E-state index contributed by atoms with van der Waals surface area (Å²) < 4.78 is 5.51. The third-order valence-electron chi connectivity index (χ3n) is 6.24. The van der Waals surface area contributed by atoms with Crippen LogP contribution in [0.3, 0.4) is 0 Å². The van der Waals surface area contributed by atoms with Gasteiger partial charge in [0.2, 0.25) is 0 Å². The fourth-order valence-corrected chi connectivity index (χ4v) is 4.81. The van der Waals surface area contributed by atoms with Crippen molar-refractivity contribution in [3.63, 3.8) is 0 Å². The van der Waals surface area contributed by atoms with Gasteiger partial charge in [0.15, 0.2) is 5.78 Å². The van der Waals surface area contributed by atoms with Crippen LogP contribution in [0.1, 0.15) is 28.9 Å². The molecule has 0 unspecified atom stereocenters. The van der Waals surface area contributed by atoms with Gasteiger partial charge in [0.25, 0.3) is 0 Å². The van der Waals surface area contributed by atoms with Gasteiger partial charge in [0.05, 0.1) is 11.8 Å². The van der Waals surface area contributed by atoms with Gasteiger partial charge in [-0.3, -0.25) is 9.69 Å². The summed E-state index contributed by atoms with van der Waals surface area (Å²) in [4.78, 5) is 15.3. The van der Waals surface area contributed by atoms with E-state index in [0.29, 0.717) is 25.3 Å². The van der Waals surface area contributed by atoms with Gasteiger partial charge in [0.1, 0.15) is 5.76 Å². The van der Waals surface area contributed by atoms with Gasteiger partial charge in [-0.05, 0) is 34.9 Å². The maximum absolute atomic E-state index is 12.9. The lowest BCUT2D eigenvalue weighted by molar-refractivity contribution is -0.117. The number of furan rings is 1. The molecule has 3 nitrogen and oxygen atoms in total. The van der Waals surface area contributed by atoms with E-state index in [4.69, 9.17) is 4.42 Å². The highest BCUT2D eigenvalue weighted by molar-refractivity contribution is 6.00. The van der Waals surface area contributed by atoms with E-state index in [1.807, 2.05) is 36.4 Å². The average Bonchev–Trinajstić information content (AvgIpc) is 3.37. The molecule has 1 aromatic heterocycles. The molecular formula is C29H25NO2. The summed E-state index contributed by atoms with van der Waals surface area (Å²) in [6.45, 7) is 1.21. The van der Waals surface area contributed by atoms with Crippen molar-refractivity contribution in [2.24, 2.45) is 0 Å². The maximum Gasteiger partial charge on any atom is 0.161 e. The number of ketones is 1. The first kappa shape index (κ1) is 20.2. The van der Waals surface area contributed by atoms with Crippen molar-refractivity contribution in [3.8, 4) is 0 Å². The number of benzene rings is 3. The lowest BCUT2D eigenvalue weighted by Crippen LogP contribution is -2.52. The molecule has 0 atom stereocenters. The number of hydrogen-bond acceptors (Lipinski definition) is 3. The first-order valence-electron chi connectivity index (χ1n) is 11.0. The van der Waals surface area contributed by atoms with E-state index in [-0.39, 0.29) is 5.78 Å². The molecule has 5 rings (SSSR count). The molecule has 0 saturated carbocycles. The van der Waals surface area contributed by atoms with Gasteiger partial charge >= 0.3 is 0 Å². The van der Waals surface area contributed by atoms with Crippen molar-refractivity contribution in [3.05, 3.63) is 137 Å². The molecule has 0 aliphatic carbocycles. The van der Waals surface area contributed by atoms with Crippen molar-refractivity contribution in [2.45, 2.75) is 12.0 Å². The van der Waals surface area contributed by atoms with Crippen molar-refractivity contribution in [2.75, 3.05) is 13.1 Å². The zero-order chi connectivity index (χ0) is 21.8. The molecule has 0 N–H and O–H groups in total. The predicted molar refractivity (Wildman–Crippen MR) is 127 cm³/mol. The summed E-state index contributed by atoms with van der Waals surface area (Å²) in [5.41, 5.74) is 3.81. The fraction of sp³-hybridized carbons (Fsp3) is 0.138. The van der Waals surface area contributed by atoms with E-state index in [1.165, 1.54) is 16.7 Å². The van der Waals surface area contributed by atoms with Gasteiger partial charge in [-0.25, -0.2) is 0 Å². The molecule has 0 bridgehead atoms. The van der Waals surface area contributed by atoms with Crippen LogP contribution in [-0.2, 0) is 10.3 Å². The van der Waals surface area contributed by atoms with Gasteiger partial charge < -0.3 is 4.42 Å². The lowest BCUT2D eigenvalue weighted by atomic mass is 9.74. The lowest BCUT2D eigenvalue weighted by Gasteiger charge is -2.47. The van der Waals surface area contributed by atoms with Crippen molar-refractivity contribution < 1.29 is 9.21 Å². The molecule has 1 saturated heterocycles. The summed E-state index contributed by atoms with van der Waals surface area (Å²) in [7, 11) is 0. The Balaban J connectivity index is 1.72. The van der Waals surface area contributed by atoms with Crippen LogP contribution in [0.2, 0.25) is 0 Å². The molecule has 1 aliphatic heterocycles. The first-order valence-corrected chi connectivity index (χ1v) is 11.0. The van der Waals surface area contributed by atoms with Crippen molar-refractivity contribution >= 4 is 11.9 Å². The Morgan fingerprint density at radius 2 is 1.25 bits per heavy atom. The third kappa shape index (κ3) is 3.61. The fourth-order valence-electron chi connectivity index (χ4n) is 4.81. The summed E-state index contributed by atoms with van der Waals surface area (Å²) in [5, 5.41) is 0. The zero-order valence-electron chi connectivity index (χ0n) is 17.9. The Labute approximate surface area is 188 Å². The van der Waals surface area contributed by atoms with Gasteiger partial charge in [-0.15, -0.1) is 0 Å². The number of nitrogens with zero attached hydrogens (tertiary/aromatic N) is 1. The number of hydrogen-bond donors (Lipinski definition) is 0. The topological polar surface area (TPSA) is 33.5 Å². The number of carbonyl (C=O) groups excluding carboxylic acids is 1. The smallest absolute Gasteiger partial charge is 0.161 e. The second kappa shape index (κ2) is 8.81. The Morgan fingerprint density at radius 3 is 1.72 bits per heavy atom. The monoisotopic (exact) mass is 419 g/mol. The van der Waals surface area contributed by atoms with Crippen molar-refractivity contribution in [1.29, 1.82) is 0 Å². The highest BCUT2D eigenvalue weighted by Crippen LogP contribution is 2.43. The molecule has 3 aromatic carbocycles. The summed E-state index contributed by atoms with van der Waals surface area (Å²) in [6, 6.07) is 35.5. The Kier molecular flexibility index (Phi) is 5.57. The molecule has 0 amide bonds. The molecule has 0 spiro atoms. The second-order valence-electron chi connectivity index (χ2n) is 8.09. The second-order valence-corrected chi connectivity index (χ2v) is 8.09. The van der Waals surface area contributed by atoms with E-state index in [9.17, 15) is 4.79 Å². The Hall–Kier alpha value is -3.69. The van der Waals surface area contributed by atoms with Crippen LogP contribution in [-0.4, -0.2) is 23.8 Å². The Morgan fingerprint density at radius 1 is 0.719 bits per heavy atom. The highest BCUT2D eigenvalue weighted by atomic mass is 16.3. The van der Waals surface area contributed by atoms with E-state index in [0.717, 1.165) is 5.57 Å². The van der Waals surface area contributed by atoms with Crippen LogP contribution in [0.5, 0.6) is 0 Å². The van der Waals surface area contributed by atoms with E-state index < -0.39 is 5.54 Å². The van der Waals surface area contributed by atoms with Gasteiger partial charge in [-0.1, -0.05) is 91.0 Å². The normalized spacial score (nSPS) is 16.4. The zero-order valence-corrected chi connectivity index (χ0v) is 17.9. The quantitative estimate of drug-likeness (QED) is 0.297. The van der Waals surface area contributed by atoms with Crippen LogP contribution in [0.25, 0.3) is 6.08 Å². The Bertz CT molecular complexity index is 1100. The molecule has 1 fully saturated rings. The average molecular weight is 420 g/mol. The van der Waals surface area contributed by atoms with E-state index >= 15 is 0 Å². The van der Waals surface area contributed by atoms with Crippen LogP contribution in [0, 0.1) is 0 Å². The summed E-state index contributed by atoms with van der Waals surface area (Å²) in [5.74, 6) is 0.890. The maximum atomic E-state index is 12.9. The van der Waals surface area contributed by atoms with Crippen LogP contribution >= 0.6 is 0 Å². The molecule has 4 aromatic rings. The number of Topliss-reactive ketones (excluding diaryl/α,β-unsaturated/α-hetero) is 1. The minimum atomic E-state index is -0.521. The standard InChI is InChI=1S/C29H25NO2/c31-28-18-19-30(22-23(28)21-27-17-10-20-32-27)29(24-11-4-1-5-12-24,25-13-6-2-7-14-25)26-15-8-3-9-16-26/h1-17,20-21H,18-19,22H2. The third-order valence-corrected chi connectivity index (χ3v) is 6.24. The predicted octanol–water partition coefficient (Wildman–Crippen LogP) is 5.93. The summed E-state index contributed by atoms with van der Waals surface area (Å²) in [6.07, 6.45) is 4.00. The number of carbonyl (C=O) groups is 1. The largest absolute Gasteiger partial charge is 0.465 e. The molecular weight excluding hydrogens is 394 g/mol. The number of piperidine rings is 1.